The van der Waals surface area contributed by atoms with Gasteiger partial charge in [-0.1, -0.05) is 12.1 Å². The van der Waals surface area contributed by atoms with Crippen LogP contribution in [-0.4, -0.2) is 17.1 Å². The Bertz CT molecular complexity index is 1080. The van der Waals surface area contributed by atoms with Crippen molar-refractivity contribution < 1.29 is 27.8 Å². The fourth-order valence-electron chi connectivity index (χ4n) is 3.45. The molecule has 0 saturated heterocycles. The molecule has 0 spiro atoms. The number of nitrogens with two attached hydrogens (primary N) is 1. The normalized spacial score (nSPS) is 18.8. The SMILES string of the molecule is N[C@@H]1Cc2c(ccc3cc(C(=O)O)ccc23)O[C@H]1c1cc(F)c(F)cc1F. The molecule has 3 aromatic carbocycles. The quantitative estimate of drug-likeness (QED) is 0.667. The van der Waals surface area contributed by atoms with Gasteiger partial charge in [0.05, 0.1) is 11.6 Å². The van der Waals surface area contributed by atoms with Crippen LogP contribution in [-0.2, 0) is 6.42 Å². The van der Waals surface area contributed by atoms with Crippen LogP contribution in [0.2, 0.25) is 0 Å². The van der Waals surface area contributed by atoms with Crippen LogP contribution in [0.5, 0.6) is 5.75 Å². The topological polar surface area (TPSA) is 72.6 Å². The largest absolute Gasteiger partial charge is 0.484 e. The molecule has 4 rings (SSSR count). The molecule has 2 atom stereocenters. The maximum Gasteiger partial charge on any atom is 0.335 e. The van der Waals surface area contributed by atoms with Crippen molar-refractivity contribution in [2.75, 3.05) is 0 Å². The summed E-state index contributed by atoms with van der Waals surface area (Å²) < 4.78 is 46.7. The number of fused-ring (bicyclic) bond motifs is 3. The van der Waals surface area contributed by atoms with Crippen molar-refractivity contribution in [3.63, 3.8) is 0 Å². The predicted octanol–water partition coefficient (Wildman–Crippen LogP) is 3.96. The second-order valence-corrected chi connectivity index (χ2v) is 6.48. The van der Waals surface area contributed by atoms with E-state index in [1.54, 1.807) is 24.3 Å². The molecule has 0 radical (unpaired) electrons. The van der Waals surface area contributed by atoms with Gasteiger partial charge in [-0.3, -0.25) is 0 Å². The zero-order valence-corrected chi connectivity index (χ0v) is 13.9. The molecule has 1 aliphatic rings. The predicted molar refractivity (Wildman–Crippen MR) is 92.3 cm³/mol. The molecule has 4 nitrogen and oxygen atoms in total. The molecular formula is C20H14F3NO3. The molecule has 1 heterocycles. The summed E-state index contributed by atoms with van der Waals surface area (Å²) in [5.41, 5.74) is 6.92. The zero-order valence-electron chi connectivity index (χ0n) is 13.9. The summed E-state index contributed by atoms with van der Waals surface area (Å²) in [4.78, 5) is 11.1. The molecule has 0 unspecified atom stereocenters. The Morgan fingerprint density at radius 1 is 1.04 bits per heavy atom. The van der Waals surface area contributed by atoms with E-state index in [1.807, 2.05) is 0 Å². The van der Waals surface area contributed by atoms with Gasteiger partial charge in [0.2, 0.25) is 0 Å². The van der Waals surface area contributed by atoms with Gasteiger partial charge in [0.25, 0.3) is 0 Å². The highest BCUT2D eigenvalue weighted by Gasteiger charge is 2.32. The van der Waals surface area contributed by atoms with Crippen molar-refractivity contribution >= 4 is 16.7 Å². The molecule has 0 bridgehead atoms. The lowest BCUT2D eigenvalue weighted by Gasteiger charge is -2.32. The fourth-order valence-corrected chi connectivity index (χ4v) is 3.45. The van der Waals surface area contributed by atoms with Gasteiger partial charge < -0.3 is 15.6 Å². The Morgan fingerprint density at radius 3 is 2.52 bits per heavy atom. The van der Waals surface area contributed by atoms with E-state index in [0.717, 1.165) is 17.0 Å². The summed E-state index contributed by atoms with van der Waals surface area (Å²) in [5.74, 6) is -3.96. The molecule has 3 aromatic rings. The highest BCUT2D eigenvalue weighted by Crippen LogP contribution is 2.39. The van der Waals surface area contributed by atoms with Crippen molar-refractivity contribution in [1.29, 1.82) is 0 Å². The molecule has 27 heavy (non-hydrogen) atoms. The van der Waals surface area contributed by atoms with Gasteiger partial charge in [-0.05, 0) is 41.5 Å². The van der Waals surface area contributed by atoms with E-state index in [9.17, 15) is 18.0 Å². The van der Waals surface area contributed by atoms with Gasteiger partial charge in [-0.25, -0.2) is 18.0 Å². The molecule has 138 valence electrons. The number of rotatable bonds is 2. The number of halogens is 3. The molecule has 7 heteroatoms. The van der Waals surface area contributed by atoms with Crippen LogP contribution >= 0.6 is 0 Å². The molecule has 3 N–H and O–H groups in total. The number of carboxylic acid groups (broad SMARTS) is 1. The third kappa shape index (κ3) is 2.90. The number of carbonyl (C=O) groups is 1. The van der Waals surface area contributed by atoms with Crippen molar-refractivity contribution in [2.24, 2.45) is 5.73 Å². The Labute approximate surface area is 152 Å². The van der Waals surface area contributed by atoms with Crippen LogP contribution in [0, 0.1) is 17.5 Å². The van der Waals surface area contributed by atoms with Gasteiger partial charge in [0.1, 0.15) is 17.7 Å². The summed E-state index contributed by atoms with van der Waals surface area (Å²) in [7, 11) is 0. The minimum Gasteiger partial charge on any atom is -0.484 e. The molecule has 0 amide bonds. The van der Waals surface area contributed by atoms with Crippen LogP contribution < -0.4 is 10.5 Å². The first-order valence-corrected chi connectivity index (χ1v) is 8.21. The third-order valence-corrected chi connectivity index (χ3v) is 4.76. The maximum absolute atomic E-state index is 14.1. The van der Waals surface area contributed by atoms with E-state index in [-0.39, 0.29) is 11.1 Å². The summed E-state index contributed by atoms with van der Waals surface area (Å²) in [5, 5.41) is 10.6. The standard InChI is InChI=1S/C20H14F3NO3/c21-14-8-16(23)15(22)6-13(14)19-17(24)7-12-11-3-1-10(20(25)26)5-9(11)2-4-18(12)27-19/h1-6,8,17,19H,7,24H2,(H,25,26)/t17-,19+/m1/s1. The van der Waals surface area contributed by atoms with Crippen LogP contribution in [0.15, 0.2) is 42.5 Å². The molecule has 0 aromatic heterocycles. The minimum absolute atomic E-state index is 0.145. The van der Waals surface area contributed by atoms with Gasteiger partial charge in [0, 0.05) is 17.2 Å². The van der Waals surface area contributed by atoms with E-state index in [2.05, 4.69) is 0 Å². The fraction of sp³-hybridized carbons (Fsp3) is 0.150. The Balaban J connectivity index is 1.78. The van der Waals surface area contributed by atoms with Crippen molar-refractivity contribution in [1.82, 2.24) is 0 Å². The number of hydrogen-bond donors (Lipinski definition) is 2. The van der Waals surface area contributed by atoms with Gasteiger partial charge in [-0.2, -0.15) is 0 Å². The lowest BCUT2D eigenvalue weighted by molar-refractivity contribution is 0.0697. The lowest BCUT2D eigenvalue weighted by Crippen LogP contribution is -2.38. The van der Waals surface area contributed by atoms with E-state index < -0.39 is 35.6 Å². The highest BCUT2D eigenvalue weighted by molar-refractivity contribution is 5.96. The van der Waals surface area contributed by atoms with Crippen molar-refractivity contribution in [3.05, 3.63) is 76.6 Å². The summed E-state index contributed by atoms with van der Waals surface area (Å²) in [6.45, 7) is 0. The summed E-state index contributed by atoms with van der Waals surface area (Å²) in [6.07, 6.45) is -0.661. The number of aromatic carboxylic acids is 1. The second-order valence-electron chi connectivity index (χ2n) is 6.48. The average Bonchev–Trinajstić information content (AvgIpc) is 2.64. The molecule has 0 aliphatic carbocycles. The molecule has 0 saturated carbocycles. The molecule has 0 fully saturated rings. The Hall–Kier alpha value is -3.06. The van der Waals surface area contributed by atoms with Crippen LogP contribution in [0.25, 0.3) is 10.8 Å². The van der Waals surface area contributed by atoms with E-state index >= 15 is 0 Å². The van der Waals surface area contributed by atoms with Crippen LogP contribution in [0.3, 0.4) is 0 Å². The molecule has 1 aliphatic heterocycles. The smallest absolute Gasteiger partial charge is 0.335 e. The summed E-state index contributed by atoms with van der Waals surface area (Å²) >= 11 is 0. The number of carboxylic acids is 1. The highest BCUT2D eigenvalue weighted by atomic mass is 19.2. The number of hydrogen-bond acceptors (Lipinski definition) is 3. The first-order chi connectivity index (χ1) is 12.8. The second kappa shape index (κ2) is 6.28. The van der Waals surface area contributed by atoms with Crippen LogP contribution in [0.4, 0.5) is 13.2 Å². The first kappa shape index (κ1) is 17.4. The Morgan fingerprint density at radius 2 is 1.78 bits per heavy atom. The third-order valence-electron chi connectivity index (χ3n) is 4.76. The van der Waals surface area contributed by atoms with Gasteiger partial charge in [0.15, 0.2) is 11.6 Å². The minimum atomic E-state index is -1.28. The van der Waals surface area contributed by atoms with E-state index in [4.69, 9.17) is 15.6 Å². The average molecular weight is 373 g/mol. The van der Waals surface area contributed by atoms with Crippen molar-refractivity contribution in [3.8, 4) is 5.75 Å². The van der Waals surface area contributed by atoms with Crippen molar-refractivity contribution in [2.45, 2.75) is 18.6 Å². The summed E-state index contributed by atoms with van der Waals surface area (Å²) in [6, 6.07) is 8.58. The lowest BCUT2D eigenvalue weighted by atomic mass is 9.89. The van der Waals surface area contributed by atoms with Gasteiger partial charge in [-0.15, -0.1) is 0 Å². The maximum atomic E-state index is 14.1. The first-order valence-electron chi connectivity index (χ1n) is 8.21. The monoisotopic (exact) mass is 373 g/mol. The zero-order chi connectivity index (χ0) is 19.3. The molecular weight excluding hydrogens is 359 g/mol. The van der Waals surface area contributed by atoms with E-state index in [0.29, 0.717) is 23.6 Å². The van der Waals surface area contributed by atoms with E-state index in [1.165, 1.54) is 6.07 Å². The Kier molecular flexibility index (Phi) is 4.04. The van der Waals surface area contributed by atoms with Gasteiger partial charge >= 0.3 is 5.97 Å². The number of ether oxygens (including phenoxy) is 1. The number of benzene rings is 3. The van der Waals surface area contributed by atoms with Crippen LogP contribution in [0.1, 0.15) is 27.6 Å².